The van der Waals surface area contributed by atoms with Crippen LogP contribution in [0.1, 0.15) is 58.3 Å². The fraction of sp³-hybridized carbons (Fsp3) is 0.857. The van der Waals surface area contributed by atoms with Crippen LogP contribution in [0.4, 0.5) is 0 Å². The zero-order chi connectivity index (χ0) is 13.4. The Morgan fingerprint density at radius 2 is 2.28 bits per heavy atom. The van der Waals surface area contributed by atoms with Gasteiger partial charge in [0.1, 0.15) is 0 Å². The van der Waals surface area contributed by atoms with Crippen LogP contribution in [0.3, 0.4) is 0 Å². The van der Waals surface area contributed by atoms with Crippen LogP contribution < -0.4 is 5.73 Å². The van der Waals surface area contributed by atoms with Crippen molar-refractivity contribution in [3.63, 3.8) is 0 Å². The Hall–Kier alpha value is -1.06. The fourth-order valence-electron chi connectivity index (χ4n) is 2.41. The van der Waals surface area contributed by atoms with Crippen LogP contribution in [0, 0.1) is 5.92 Å². The Morgan fingerprint density at radius 3 is 3.00 bits per heavy atom. The summed E-state index contributed by atoms with van der Waals surface area (Å²) in [5.74, 6) is 0.727. The summed E-state index contributed by atoms with van der Waals surface area (Å²) in [6.07, 6.45) is 8.68. The van der Waals surface area contributed by atoms with E-state index in [0.717, 1.165) is 44.4 Å². The molecule has 1 rings (SSSR count). The van der Waals surface area contributed by atoms with Gasteiger partial charge in [0, 0.05) is 6.42 Å². The van der Waals surface area contributed by atoms with E-state index in [1.165, 1.54) is 20.0 Å². The third-order valence-corrected chi connectivity index (χ3v) is 3.60. The van der Waals surface area contributed by atoms with E-state index >= 15 is 0 Å². The summed E-state index contributed by atoms with van der Waals surface area (Å²) in [4.78, 5) is 15.8. The minimum Gasteiger partial charge on any atom is -0.469 e. The molecule has 18 heavy (non-hydrogen) atoms. The van der Waals surface area contributed by atoms with Crippen molar-refractivity contribution in [2.24, 2.45) is 16.6 Å². The number of methoxy groups -OCH3 is 1. The molecule has 4 heteroatoms. The van der Waals surface area contributed by atoms with Crippen molar-refractivity contribution in [1.29, 1.82) is 0 Å². The fourth-order valence-corrected chi connectivity index (χ4v) is 2.41. The van der Waals surface area contributed by atoms with Gasteiger partial charge in [-0.05, 0) is 25.7 Å². The van der Waals surface area contributed by atoms with Gasteiger partial charge in [-0.2, -0.15) is 0 Å². The lowest BCUT2D eigenvalue weighted by Crippen LogP contribution is -2.14. The summed E-state index contributed by atoms with van der Waals surface area (Å²) in [6, 6.07) is 0.404. The first-order chi connectivity index (χ1) is 8.63. The lowest BCUT2D eigenvalue weighted by molar-refractivity contribution is -0.145. The molecule has 1 heterocycles. The molecular formula is C14H26N2O2. The molecule has 0 aromatic rings. The monoisotopic (exact) mass is 254 g/mol. The van der Waals surface area contributed by atoms with Crippen molar-refractivity contribution in [2.45, 2.75) is 64.3 Å². The van der Waals surface area contributed by atoms with Crippen molar-refractivity contribution in [3.8, 4) is 0 Å². The largest absolute Gasteiger partial charge is 0.469 e. The van der Waals surface area contributed by atoms with Crippen LogP contribution in [0.5, 0.6) is 0 Å². The summed E-state index contributed by atoms with van der Waals surface area (Å²) in [7, 11) is 1.45. The highest BCUT2D eigenvalue weighted by Crippen LogP contribution is 2.19. The molecule has 0 radical (unpaired) electrons. The highest BCUT2D eigenvalue weighted by Gasteiger charge is 2.14. The van der Waals surface area contributed by atoms with Crippen molar-refractivity contribution in [1.82, 2.24) is 0 Å². The number of esters is 1. The minimum absolute atomic E-state index is 0.0118. The summed E-state index contributed by atoms with van der Waals surface area (Å²) in [5, 5.41) is 0. The van der Waals surface area contributed by atoms with E-state index < -0.39 is 0 Å². The van der Waals surface area contributed by atoms with Crippen molar-refractivity contribution < 1.29 is 9.53 Å². The van der Waals surface area contributed by atoms with Crippen molar-refractivity contribution in [3.05, 3.63) is 0 Å². The number of aliphatic imine (C=N–C) groups is 1. The predicted molar refractivity (Wildman–Crippen MR) is 73.5 cm³/mol. The molecule has 2 N–H and O–H groups in total. The highest BCUT2D eigenvalue weighted by molar-refractivity contribution is 5.80. The smallest absolute Gasteiger partial charge is 0.308 e. The second kappa shape index (κ2) is 8.11. The predicted octanol–water partition coefficient (Wildman–Crippen LogP) is 2.66. The lowest BCUT2D eigenvalue weighted by atomic mass is 10.00. The maximum Gasteiger partial charge on any atom is 0.308 e. The number of ether oxygens (including phenoxy) is 1. The summed E-state index contributed by atoms with van der Waals surface area (Å²) in [5.41, 5.74) is 5.82. The van der Waals surface area contributed by atoms with Crippen LogP contribution in [-0.4, -0.2) is 25.0 Å². The first kappa shape index (κ1) is 15.0. The van der Waals surface area contributed by atoms with E-state index in [1.54, 1.807) is 0 Å². The second-order valence-electron chi connectivity index (χ2n) is 5.23. The van der Waals surface area contributed by atoms with Gasteiger partial charge in [-0.1, -0.05) is 26.2 Å². The third-order valence-electron chi connectivity index (χ3n) is 3.60. The number of hydrogen-bond acceptors (Lipinski definition) is 4. The number of nitrogens with zero attached hydrogens (tertiary/aromatic N) is 1. The van der Waals surface area contributed by atoms with Crippen LogP contribution in [0.25, 0.3) is 0 Å². The van der Waals surface area contributed by atoms with E-state index in [0.29, 0.717) is 6.04 Å². The van der Waals surface area contributed by atoms with Gasteiger partial charge in [-0.3, -0.25) is 9.79 Å². The Morgan fingerprint density at radius 1 is 1.50 bits per heavy atom. The summed E-state index contributed by atoms with van der Waals surface area (Å²) in [6.45, 7) is 1.92. The number of carbonyl (C=O) groups excluding carboxylic acids is 1. The van der Waals surface area contributed by atoms with E-state index in [2.05, 4.69) is 4.99 Å². The van der Waals surface area contributed by atoms with Crippen LogP contribution in [0.2, 0.25) is 0 Å². The molecule has 0 saturated carbocycles. The van der Waals surface area contributed by atoms with Gasteiger partial charge in [0.2, 0.25) is 0 Å². The van der Waals surface area contributed by atoms with E-state index in [-0.39, 0.29) is 11.9 Å². The Labute approximate surface area is 110 Å². The number of nitrogens with two attached hydrogens (primary N) is 1. The Balaban J connectivity index is 2.17. The normalized spacial score (nSPS) is 21.9. The SMILES string of the molecule is COC(=O)[C@H](C)CCCC[C@@H]1CCCCC(N)=N1. The number of rotatable bonds is 6. The van der Waals surface area contributed by atoms with Gasteiger partial charge in [0.25, 0.3) is 0 Å². The van der Waals surface area contributed by atoms with Gasteiger partial charge >= 0.3 is 5.97 Å². The third kappa shape index (κ3) is 5.52. The number of unbranched alkanes of at least 4 members (excludes halogenated alkanes) is 1. The maximum atomic E-state index is 11.2. The topological polar surface area (TPSA) is 64.7 Å². The number of amidine groups is 1. The van der Waals surface area contributed by atoms with Gasteiger partial charge in [0.05, 0.1) is 24.9 Å². The molecule has 104 valence electrons. The minimum atomic E-state index is -0.105. The quantitative estimate of drug-likeness (QED) is 0.585. The molecule has 0 amide bonds. The maximum absolute atomic E-state index is 11.2. The first-order valence-corrected chi connectivity index (χ1v) is 7.03. The van der Waals surface area contributed by atoms with E-state index in [1.807, 2.05) is 6.92 Å². The van der Waals surface area contributed by atoms with E-state index in [4.69, 9.17) is 10.5 Å². The van der Waals surface area contributed by atoms with Crippen LogP contribution >= 0.6 is 0 Å². The Bertz CT molecular complexity index is 290. The van der Waals surface area contributed by atoms with Crippen molar-refractivity contribution >= 4 is 11.8 Å². The van der Waals surface area contributed by atoms with Crippen molar-refractivity contribution in [2.75, 3.05) is 7.11 Å². The van der Waals surface area contributed by atoms with Crippen LogP contribution in [-0.2, 0) is 9.53 Å². The summed E-state index contributed by atoms with van der Waals surface area (Å²) < 4.78 is 4.71. The standard InChI is InChI=1S/C14H26N2O2/c1-11(14(17)18-2)7-3-4-8-12-9-5-6-10-13(15)16-12/h11-12H,3-10H2,1-2H3,(H2,15,16)/t11-,12-/m1/s1. The molecule has 0 saturated heterocycles. The highest BCUT2D eigenvalue weighted by atomic mass is 16.5. The zero-order valence-corrected chi connectivity index (χ0v) is 11.7. The number of hydrogen-bond donors (Lipinski definition) is 1. The lowest BCUT2D eigenvalue weighted by Gasteiger charge is -2.12. The first-order valence-electron chi connectivity index (χ1n) is 7.03. The van der Waals surface area contributed by atoms with E-state index in [9.17, 15) is 4.79 Å². The molecule has 0 aromatic heterocycles. The Kier molecular flexibility index (Phi) is 6.76. The molecule has 0 bridgehead atoms. The summed E-state index contributed by atoms with van der Waals surface area (Å²) >= 11 is 0. The zero-order valence-electron chi connectivity index (χ0n) is 11.7. The average molecular weight is 254 g/mol. The van der Waals surface area contributed by atoms with Gasteiger partial charge < -0.3 is 10.5 Å². The molecule has 0 fully saturated rings. The molecule has 0 aromatic carbocycles. The molecule has 0 unspecified atom stereocenters. The second-order valence-corrected chi connectivity index (χ2v) is 5.23. The van der Waals surface area contributed by atoms with Gasteiger partial charge in [-0.15, -0.1) is 0 Å². The molecule has 0 spiro atoms. The molecule has 0 aliphatic carbocycles. The van der Waals surface area contributed by atoms with Gasteiger partial charge in [-0.25, -0.2) is 0 Å². The molecular weight excluding hydrogens is 228 g/mol. The molecule has 1 aliphatic rings. The molecule has 4 nitrogen and oxygen atoms in total. The van der Waals surface area contributed by atoms with Crippen LogP contribution in [0.15, 0.2) is 4.99 Å². The molecule has 1 aliphatic heterocycles. The van der Waals surface area contributed by atoms with Gasteiger partial charge in [0.15, 0.2) is 0 Å². The molecule has 2 atom stereocenters. The average Bonchev–Trinajstić information content (AvgIpc) is 2.57. The number of carbonyl (C=O) groups is 1.